The number of nitrogens with zero attached hydrogens (tertiary/aromatic N) is 1. The Bertz CT molecular complexity index is 1250. The van der Waals surface area contributed by atoms with Crippen LogP contribution in [0.5, 0.6) is 5.75 Å². The van der Waals surface area contributed by atoms with Crippen molar-refractivity contribution in [3.8, 4) is 5.75 Å². The number of aromatic hydroxyl groups is 1. The zero-order valence-corrected chi connectivity index (χ0v) is 20.6. The molecule has 1 N–H and O–H groups in total. The van der Waals surface area contributed by atoms with Gasteiger partial charge in [0.2, 0.25) is 0 Å². The lowest BCUT2D eigenvalue weighted by Gasteiger charge is -2.43. The molecule has 2 bridgehead atoms. The Morgan fingerprint density at radius 3 is 2.53 bits per heavy atom. The topological polar surface area (TPSA) is 49.8 Å². The molecule has 0 radical (unpaired) electrons. The van der Waals surface area contributed by atoms with Crippen molar-refractivity contribution in [2.24, 2.45) is 0 Å². The summed E-state index contributed by atoms with van der Waals surface area (Å²) in [6.07, 6.45) is 6.23. The minimum absolute atomic E-state index is 0.0500. The van der Waals surface area contributed by atoms with Crippen LogP contribution in [0.1, 0.15) is 63.1 Å². The fraction of sp³-hybridized carbons (Fsp3) is 0.367. The zero-order chi connectivity index (χ0) is 24.0. The fourth-order valence-electron chi connectivity index (χ4n) is 6.02. The fourth-order valence-corrected chi connectivity index (χ4v) is 6.02. The van der Waals surface area contributed by atoms with E-state index in [1.807, 2.05) is 36.1 Å². The number of carbonyl (C=O) groups excluding carboxylic acids is 1. The highest BCUT2D eigenvalue weighted by Gasteiger charge is 2.58. The van der Waals surface area contributed by atoms with Crippen molar-refractivity contribution >= 4 is 17.2 Å². The van der Waals surface area contributed by atoms with Gasteiger partial charge in [-0.05, 0) is 91.6 Å². The molecule has 1 aliphatic heterocycles. The Kier molecular flexibility index (Phi) is 5.73. The van der Waals surface area contributed by atoms with Crippen LogP contribution in [-0.2, 0) is 16.0 Å². The van der Waals surface area contributed by atoms with Crippen molar-refractivity contribution < 1.29 is 14.6 Å². The average Bonchev–Trinajstić information content (AvgIpc) is 3.07. The summed E-state index contributed by atoms with van der Waals surface area (Å²) in [5, 5.41) is 10.2. The van der Waals surface area contributed by atoms with Crippen LogP contribution in [0.3, 0.4) is 0 Å². The maximum absolute atomic E-state index is 14.1. The number of hydrogen-bond donors (Lipinski definition) is 1. The molecule has 1 fully saturated rings. The summed E-state index contributed by atoms with van der Waals surface area (Å²) in [4.78, 5) is 16.0. The van der Waals surface area contributed by atoms with Gasteiger partial charge in [0.15, 0.2) is 5.72 Å². The van der Waals surface area contributed by atoms with Gasteiger partial charge in [-0.1, -0.05) is 43.7 Å². The van der Waals surface area contributed by atoms with Crippen molar-refractivity contribution in [2.45, 2.75) is 65.5 Å². The second kappa shape index (κ2) is 8.59. The van der Waals surface area contributed by atoms with Crippen molar-refractivity contribution in [2.75, 3.05) is 11.5 Å². The molecule has 176 valence electrons. The van der Waals surface area contributed by atoms with Gasteiger partial charge >= 0.3 is 0 Å². The molecule has 1 heterocycles. The number of allylic oxidation sites excluding steroid dienone is 3. The number of rotatable bonds is 6. The van der Waals surface area contributed by atoms with Gasteiger partial charge in [0.05, 0.1) is 0 Å². The molecule has 0 spiro atoms. The number of ether oxygens (including phenoxy) is 1. The number of carbonyl (C=O) groups is 1. The molecule has 1 saturated heterocycles. The lowest BCUT2D eigenvalue weighted by atomic mass is 9.71. The van der Waals surface area contributed by atoms with Crippen molar-refractivity contribution in [1.82, 2.24) is 0 Å². The van der Waals surface area contributed by atoms with E-state index in [0.717, 1.165) is 70.4 Å². The standard InChI is InChI=1S/C30H33NO3/c1-5-8-20(6-2)28-27-24-16-14-23(32)17-21(24)11-15-25(27)26-18-30(28,34-7-3)31(29(26)33)22-12-9-19(4)10-13-22/h8-10,12-14,16-17,32H,5-7,11,15,18H2,1-4H3/b20-8+. The normalized spacial score (nSPS) is 21.8. The Hall–Kier alpha value is -3.11. The van der Waals surface area contributed by atoms with Crippen LogP contribution in [0.2, 0.25) is 0 Å². The molecule has 4 nitrogen and oxygen atoms in total. The van der Waals surface area contributed by atoms with Crippen LogP contribution in [0.25, 0.3) is 5.57 Å². The molecular weight excluding hydrogens is 422 g/mol. The lowest BCUT2D eigenvalue weighted by molar-refractivity contribution is -0.116. The molecule has 3 aliphatic rings. The highest BCUT2D eigenvalue weighted by Crippen LogP contribution is 2.57. The molecule has 1 amide bonds. The predicted molar refractivity (Wildman–Crippen MR) is 137 cm³/mol. The number of fused-ring (bicyclic) bond motifs is 5. The zero-order valence-electron chi connectivity index (χ0n) is 20.6. The first-order chi connectivity index (χ1) is 16.4. The van der Waals surface area contributed by atoms with Crippen molar-refractivity contribution in [1.29, 1.82) is 0 Å². The number of amides is 1. The second-order valence-electron chi connectivity index (χ2n) is 9.41. The van der Waals surface area contributed by atoms with Crippen LogP contribution < -0.4 is 4.90 Å². The van der Waals surface area contributed by atoms with E-state index in [1.54, 1.807) is 6.07 Å². The minimum atomic E-state index is -0.876. The number of hydrogen-bond acceptors (Lipinski definition) is 3. The third-order valence-electron chi connectivity index (χ3n) is 7.38. The van der Waals surface area contributed by atoms with Crippen LogP contribution in [-0.4, -0.2) is 23.3 Å². The molecule has 0 saturated carbocycles. The third-order valence-corrected chi connectivity index (χ3v) is 7.38. The first-order valence-electron chi connectivity index (χ1n) is 12.5. The van der Waals surface area contributed by atoms with Crippen LogP contribution >= 0.6 is 0 Å². The summed E-state index contributed by atoms with van der Waals surface area (Å²) in [6.45, 7) is 8.91. The molecule has 5 rings (SSSR count). The van der Waals surface area contributed by atoms with Gasteiger partial charge in [0.25, 0.3) is 5.91 Å². The van der Waals surface area contributed by atoms with Gasteiger partial charge in [-0.3, -0.25) is 9.69 Å². The Balaban J connectivity index is 1.87. The third kappa shape index (κ3) is 3.27. The first kappa shape index (κ1) is 22.7. The summed E-state index contributed by atoms with van der Waals surface area (Å²) >= 11 is 0. The molecule has 0 aromatic heterocycles. The van der Waals surface area contributed by atoms with Crippen LogP contribution in [0.4, 0.5) is 5.69 Å². The van der Waals surface area contributed by atoms with E-state index in [1.165, 1.54) is 5.57 Å². The smallest absolute Gasteiger partial charge is 0.257 e. The van der Waals surface area contributed by atoms with E-state index >= 15 is 0 Å². The highest BCUT2D eigenvalue weighted by atomic mass is 16.5. The lowest BCUT2D eigenvalue weighted by Crippen LogP contribution is -2.51. The molecule has 1 atom stereocenters. The molecular formula is C30H33NO3. The Morgan fingerprint density at radius 2 is 1.85 bits per heavy atom. The van der Waals surface area contributed by atoms with Crippen LogP contribution in [0, 0.1) is 6.92 Å². The first-order valence-corrected chi connectivity index (χ1v) is 12.5. The molecule has 1 unspecified atom stereocenters. The van der Waals surface area contributed by atoms with Gasteiger partial charge in [0.1, 0.15) is 5.75 Å². The maximum atomic E-state index is 14.1. The van der Waals surface area contributed by atoms with E-state index in [-0.39, 0.29) is 11.7 Å². The van der Waals surface area contributed by atoms with Gasteiger partial charge < -0.3 is 9.84 Å². The SMILES string of the molecule is CC/C=C(\CC)C1=C2C(=C3CC1(OCC)N(c1ccc(C)cc1)C3=O)CCc1cc(O)ccc12. The maximum Gasteiger partial charge on any atom is 0.257 e. The van der Waals surface area contributed by atoms with Gasteiger partial charge in [-0.2, -0.15) is 0 Å². The summed E-state index contributed by atoms with van der Waals surface area (Å²) in [7, 11) is 0. The van der Waals surface area contributed by atoms with Gasteiger partial charge in [-0.15, -0.1) is 0 Å². The van der Waals surface area contributed by atoms with E-state index in [0.29, 0.717) is 13.0 Å². The van der Waals surface area contributed by atoms with E-state index in [4.69, 9.17) is 4.74 Å². The van der Waals surface area contributed by atoms with Gasteiger partial charge in [0, 0.05) is 29.9 Å². The monoisotopic (exact) mass is 455 g/mol. The molecule has 2 aliphatic carbocycles. The Labute approximate surface area is 202 Å². The summed E-state index contributed by atoms with van der Waals surface area (Å²) < 4.78 is 6.68. The predicted octanol–water partition coefficient (Wildman–Crippen LogP) is 6.63. The largest absolute Gasteiger partial charge is 0.508 e. The second-order valence-corrected chi connectivity index (χ2v) is 9.41. The number of anilines is 1. The summed E-state index contributed by atoms with van der Waals surface area (Å²) in [5.74, 6) is 0.335. The molecule has 2 aromatic rings. The van der Waals surface area contributed by atoms with E-state index in [2.05, 4.69) is 39.0 Å². The summed E-state index contributed by atoms with van der Waals surface area (Å²) in [5.41, 5.74) is 8.92. The highest BCUT2D eigenvalue weighted by molar-refractivity contribution is 6.16. The number of phenolic OH excluding ortho intramolecular Hbond substituents is 1. The van der Waals surface area contributed by atoms with Crippen LogP contribution in [0.15, 0.2) is 70.8 Å². The number of benzene rings is 2. The minimum Gasteiger partial charge on any atom is -0.508 e. The van der Waals surface area contributed by atoms with Crippen molar-refractivity contribution in [3.05, 3.63) is 87.5 Å². The molecule has 2 aromatic carbocycles. The number of aryl methyl sites for hydroxylation is 2. The van der Waals surface area contributed by atoms with Gasteiger partial charge in [-0.25, -0.2) is 0 Å². The average molecular weight is 456 g/mol. The Morgan fingerprint density at radius 1 is 1.09 bits per heavy atom. The number of phenols is 1. The summed E-state index contributed by atoms with van der Waals surface area (Å²) in [6, 6.07) is 13.8. The van der Waals surface area contributed by atoms with E-state index < -0.39 is 5.72 Å². The quantitative estimate of drug-likeness (QED) is 0.532. The molecule has 34 heavy (non-hydrogen) atoms. The van der Waals surface area contributed by atoms with E-state index in [9.17, 15) is 9.90 Å². The van der Waals surface area contributed by atoms with Crippen molar-refractivity contribution in [3.63, 3.8) is 0 Å². The molecule has 4 heteroatoms.